The highest BCUT2D eigenvalue weighted by Gasteiger charge is 2.46. The van der Waals surface area contributed by atoms with Gasteiger partial charge in [0, 0.05) is 36.0 Å². The molecule has 1 unspecified atom stereocenters. The highest BCUT2D eigenvalue weighted by molar-refractivity contribution is 6.00. The first-order valence-corrected chi connectivity index (χ1v) is 10.8. The molecule has 0 spiro atoms. The molecule has 1 aromatic heterocycles. The summed E-state index contributed by atoms with van der Waals surface area (Å²) in [5.41, 5.74) is 2.61. The summed E-state index contributed by atoms with van der Waals surface area (Å²) in [5, 5.41) is 10.1. The molecular weight excluding hydrogens is 428 g/mol. The molecule has 2 aliphatic heterocycles. The highest BCUT2D eigenvalue weighted by Crippen LogP contribution is 2.51. The Balaban J connectivity index is 1.53. The molecule has 33 heavy (non-hydrogen) atoms. The first-order chi connectivity index (χ1) is 15.7. The largest absolute Gasteiger partial charge is 0.435 e. The maximum Gasteiger partial charge on any atom is 0.387 e. The van der Waals surface area contributed by atoms with Gasteiger partial charge >= 0.3 is 6.61 Å². The van der Waals surface area contributed by atoms with Crippen LogP contribution in [0.4, 0.5) is 8.78 Å². The predicted molar refractivity (Wildman–Crippen MR) is 117 cm³/mol. The van der Waals surface area contributed by atoms with Crippen molar-refractivity contribution in [2.45, 2.75) is 44.4 Å². The van der Waals surface area contributed by atoms with E-state index in [0.29, 0.717) is 29.9 Å². The lowest BCUT2D eigenvalue weighted by Gasteiger charge is -2.24. The summed E-state index contributed by atoms with van der Waals surface area (Å²) in [7, 11) is 0. The van der Waals surface area contributed by atoms with Gasteiger partial charge in [-0.15, -0.1) is 0 Å². The Morgan fingerprint density at radius 3 is 2.52 bits per heavy atom. The number of carbonyl (C=O) groups is 1. The number of fused-ring (bicyclic) bond motifs is 3. The first kappa shape index (κ1) is 21.5. The molecule has 170 valence electrons. The van der Waals surface area contributed by atoms with Gasteiger partial charge in [0.15, 0.2) is 5.82 Å². The summed E-state index contributed by atoms with van der Waals surface area (Å²) in [6.45, 7) is 0.866. The second-order valence-corrected chi connectivity index (χ2v) is 8.91. The summed E-state index contributed by atoms with van der Waals surface area (Å²) in [4.78, 5) is 23.4. The topological polar surface area (TPSA) is 75.6 Å². The predicted octanol–water partition coefficient (Wildman–Crippen LogP) is 4.66. The standard InChI is InChI=1S/C25H23F2N3O3/c1-25(2,32)23-28-12-15(13-29-23)14-7-8-18-19(11-14)21-17(9-10-30(21)22(18)31)16-5-3-4-6-20(16)33-24(26)27/h3-8,11-13,17,21,24,32H,9-10H2,1-2H3/t17-,21?/m0/s1. The van der Waals surface area contributed by atoms with E-state index in [4.69, 9.17) is 4.74 Å². The van der Waals surface area contributed by atoms with Crippen LogP contribution in [0.1, 0.15) is 59.5 Å². The van der Waals surface area contributed by atoms with Gasteiger partial charge in [0.2, 0.25) is 0 Å². The van der Waals surface area contributed by atoms with Crippen LogP contribution < -0.4 is 4.74 Å². The van der Waals surface area contributed by atoms with Crippen molar-refractivity contribution in [2.75, 3.05) is 6.54 Å². The number of aliphatic hydroxyl groups is 1. The molecule has 0 saturated carbocycles. The van der Waals surface area contributed by atoms with E-state index >= 15 is 0 Å². The zero-order chi connectivity index (χ0) is 23.3. The molecule has 0 bridgehead atoms. The summed E-state index contributed by atoms with van der Waals surface area (Å²) in [6, 6.07) is 12.1. The van der Waals surface area contributed by atoms with Crippen LogP contribution in [0.25, 0.3) is 11.1 Å². The van der Waals surface area contributed by atoms with Crippen molar-refractivity contribution in [1.82, 2.24) is 14.9 Å². The van der Waals surface area contributed by atoms with Gasteiger partial charge in [0.25, 0.3) is 5.91 Å². The van der Waals surface area contributed by atoms with Gasteiger partial charge in [0.05, 0.1) is 6.04 Å². The Morgan fingerprint density at radius 1 is 1.09 bits per heavy atom. The summed E-state index contributed by atoms with van der Waals surface area (Å²) >= 11 is 0. The van der Waals surface area contributed by atoms with Crippen molar-refractivity contribution in [3.05, 3.63) is 77.4 Å². The number of carbonyl (C=O) groups excluding carboxylic acids is 1. The molecule has 1 N–H and O–H groups in total. The van der Waals surface area contributed by atoms with E-state index in [9.17, 15) is 18.7 Å². The highest BCUT2D eigenvalue weighted by atomic mass is 19.3. The van der Waals surface area contributed by atoms with Gasteiger partial charge in [-0.1, -0.05) is 24.3 Å². The molecule has 0 aliphatic carbocycles. The summed E-state index contributed by atoms with van der Waals surface area (Å²) in [5.74, 6) is 0.256. The quantitative estimate of drug-likeness (QED) is 0.611. The average molecular weight is 451 g/mol. The number of nitrogens with zero attached hydrogens (tertiary/aromatic N) is 3. The van der Waals surface area contributed by atoms with Gasteiger partial charge in [-0.2, -0.15) is 8.78 Å². The van der Waals surface area contributed by atoms with E-state index in [-0.39, 0.29) is 23.6 Å². The van der Waals surface area contributed by atoms with Gasteiger partial charge < -0.3 is 14.7 Å². The maximum absolute atomic E-state index is 13.0. The lowest BCUT2D eigenvalue weighted by molar-refractivity contribution is -0.0507. The number of rotatable bonds is 5. The SMILES string of the molecule is CC(C)(O)c1ncc(-c2ccc3c(c2)C2[C@H](c4ccccc4OC(F)F)CCN2C3=O)cn1. The molecule has 2 aromatic carbocycles. The minimum atomic E-state index is -2.92. The molecule has 1 fully saturated rings. The molecule has 2 aliphatic rings. The second kappa shape index (κ2) is 7.88. The normalized spacial score (nSPS) is 19.7. The third kappa shape index (κ3) is 3.74. The maximum atomic E-state index is 13.0. The molecule has 3 heterocycles. The van der Waals surface area contributed by atoms with Crippen molar-refractivity contribution >= 4 is 5.91 Å². The average Bonchev–Trinajstić information content (AvgIpc) is 3.33. The number of hydrogen-bond acceptors (Lipinski definition) is 5. The van der Waals surface area contributed by atoms with Gasteiger partial charge in [-0.05, 0) is 55.2 Å². The van der Waals surface area contributed by atoms with E-state index in [0.717, 1.165) is 16.7 Å². The van der Waals surface area contributed by atoms with E-state index < -0.39 is 12.2 Å². The number of hydrogen-bond donors (Lipinski definition) is 1. The second-order valence-electron chi connectivity index (χ2n) is 8.91. The van der Waals surface area contributed by atoms with Crippen LogP contribution in [0.3, 0.4) is 0 Å². The molecule has 3 aromatic rings. The van der Waals surface area contributed by atoms with Gasteiger partial charge in [-0.25, -0.2) is 9.97 Å². The molecule has 8 heteroatoms. The fourth-order valence-electron chi connectivity index (χ4n) is 4.85. The molecule has 5 rings (SSSR count). The molecule has 2 atom stereocenters. The molecule has 0 radical (unpaired) electrons. The van der Waals surface area contributed by atoms with Crippen LogP contribution in [0.5, 0.6) is 5.75 Å². The van der Waals surface area contributed by atoms with Crippen molar-refractivity contribution < 1.29 is 23.4 Å². The molecule has 6 nitrogen and oxygen atoms in total. The number of amides is 1. The summed E-state index contributed by atoms with van der Waals surface area (Å²) in [6.07, 6.45) is 3.95. The number of ether oxygens (including phenoxy) is 1. The van der Waals surface area contributed by atoms with Crippen LogP contribution in [0.15, 0.2) is 54.9 Å². The fraction of sp³-hybridized carbons (Fsp3) is 0.320. The smallest absolute Gasteiger partial charge is 0.387 e. The number of halogens is 2. The zero-order valence-corrected chi connectivity index (χ0v) is 18.2. The van der Waals surface area contributed by atoms with Crippen molar-refractivity contribution in [3.63, 3.8) is 0 Å². The molecule has 1 saturated heterocycles. The van der Waals surface area contributed by atoms with E-state index in [1.165, 1.54) is 0 Å². The van der Waals surface area contributed by atoms with E-state index in [2.05, 4.69) is 9.97 Å². The molecule has 1 amide bonds. The monoisotopic (exact) mass is 451 g/mol. The number of benzene rings is 2. The van der Waals surface area contributed by atoms with Crippen molar-refractivity contribution in [1.29, 1.82) is 0 Å². The molecular formula is C25H23F2N3O3. The van der Waals surface area contributed by atoms with Crippen LogP contribution in [0.2, 0.25) is 0 Å². The minimum Gasteiger partial charge on any atom is -0.435 e. The number of para-hydroxylation sites is 1. The zero-order valence-electron chi connectivity index (χ0n) is 18.2. The lowest BCUT2D eigenvalue weighted by atomic mass is 9.86. The Hall–Kier alpha value is -3.39. The summed E-state index contributed by atoms with van der Waals surface area (Å²) < 4.78 is 30.7. The Labute approximate surface area is 189 Å². The number of aromatic nitrogens is 2. The Morgan fingerprint density at radius 2 is 1.82 bits per heavy atom. The minimum absolute atomic E-state index is 0.0510. The van der Waals surface area contributed by atoms with Gasteiger partial charge in [0.1, 0.15) is 11.4 Å². The van der Waals surface area contributed by atoms with Gasteiger partial charge in [-0.3, -0.25) is 4.79 Å². The van der Waals surface area contributed by atoms with Crippen LogP contribution in [-0.2, 0) is 5.60 Å². The Kier molecular flexibility index (Phi) is 5.12. The lowest BCUT2D eigenvalue weighted by Crippen LogP contribution is -2.23. The third-order valence-corrected chi connectivity index (χ3v) is 6.33. The van der Waals surface area contributed by atoms with E-state index in [1.54, 1.807) is 56.6 Å². The van der Waals surface area contributed by atoms with Crippen LogP contribution in [0, 0.1) is 0 Å². The third-order valence-electron chi connectivity index (χ3n) is 6.33. The van der Waals surface area contributed by atoms with Crippen molar-refractivity contribution in [2.24, 2.45) is 0 Å². The van der Waals surface area contributed by atoms with E-state index in [1.807, 2.05) is 17.0 Å². The number of alkyl halides is 2. The van der Waals surface area contributed by atoms with Crippen LogP contribution in [-0.4, -0.2) is 39.0 Å². The first-order valence-electron chi connectivity index (χ1n) is 10.8. The van der Waals surface area contributed by atoms with Crippen LogP contribution >= 0.6 is 0 Å². The Bertz CT molecular complexity index is 1210. The van der Waals surface area contributed by atoms with Crippen molar-refractivity contribution in [3.8, 4) is 16.9 Å². The fourth-order valence-corrected chi connectivity index (χ4v) is 4.85.